The zero-order valence-electron chi connectivity index (χ0n) is 13.6. The molecule has 0 aromatic heterocycles. The van der Waals surface area contributed by atoms with E-state index in [2.05, 4.69) is 4.74 Å². The second-order valence-corrected chi connectivity index (χ2v) is 5.87. The molecule has 0 amide bonds. The number of aliphatic hydroxyl groups is 1. The first kappa shape index (κ1) is 17.4. The van der Waals surface area contributed by atoms with Gasteiger partial charge in [0.25, 0.3) is 0 Å². The van der Waals surface area contributed by atoms with E-state index in [1.807, 2.05) is 17.0 Å². The van der Waals surface area contributed by atoms with Crippen molar-refractivity contribution < 1.29 is 27.8 Å². The molecule has 2 aromatic rings. The molecule has 0 radical (unpaired) electrons. The van der Waals surface area contributed by atoms with E-state index in [-0.39, 0.29) is 5.75 Å². The van der Waals surface area contributed by atoms with Crippen molar-refractivity contribution in [1.29, 1.82) is 0 Å². The molecule has 0 bridgehead atoms. The van der Waals surface area contributed by atoms with Crippen LogP contribution < -0.4 is 14.4 Å². The van der Waals surface area contributed by atoms with Crippen LogP contribution in [0.5, 0.6) is 11.5 Å². The van der Waals surface area contributed by atoms with Crippen LogP contribution in [0.1, 0.15) is 6.92 Å². The van der Waals surface area contributed by atoms with E-state index in [4.69, 9.17) is 4.74 Å². The van der Waals surface area contributed by atoms with Crippen molar-refractivity contribution >= 4 is 5.69 Å². The number of aliphatic hydroxyl groups excluding tert-OH is 1. The molecule has 1 aliphatic heterocycles. The number of alkyl halides is 3. The van der Waals surface area contributed by atoms with Crippen LogP contribution in [0.4, 0.5) is 18.9 Å². The second kappa shape index (κ2) is 6.84. The lowest BCUT2D eigenvalue weighted by atomic mass is 10.0. The Hall–Kier alpha value is -2.41. The van der Waals surface area contributed by atoms with Gasteiger partial charge in [-0.05, 0) is 30.7 Å². The maximum absolute atomic E-state index is 12.4. The molecule has 2 aromatic carbocycles. The topological polar surface area (TPSA) is 41.9 Å². The summed E-state index contributed by atoms with van der Waals surface area (Å²) < 4.78 is 47.1. The molecule has 3 rings (SSSR count). The number of nitrogens with zero attached hydrogens (tertiary/aromatic N) is 1. The SMILES string of the molecule is C[C@@H](O)CN1CCOc2c(-c3cccc(OC(F)(F)F)c3)cccc21. The van der Waals surface area contributed by atoms with Crippen LogP contribution in [0.15, 0.2) is 42.5 Å². The molecule has 1 heterocycles. The number of hydrogen-bond donors (Lipinski definition) is 1. The molecular formula is C18H18F3NO3. The lowest BCUT2D eigenvalue weighted by molar-refractivity contribution is -0.274. The Morgan fingerprint density at radius 3 is 2.72 bits per heavy atom. The molecule has 1 aliphatic rings. The van der Waals surface area contributed by atoms with Crippen LogP contribution in [0.3, 0.4) is 0 Å². The van der Waals surface area contributed by atoms with Gasteiger partial charge in [-0.3, -0.25) is 0 Å². The fourth-order valence-electron chi connectivity index (χ4n) is 2.90. The number of hydrogen-bond acceptors (Lipinski definition) is 4. The van der Waals surface area contributed by atoms with Crippen LogP contribution in [0, 0.1) is 0 Å². The van der Waals surface area contributed by atoms with Crippen LogP contribution in [0.25, 0.3) is 11.1 Å². The zero-order chi connectivity index (χ0) is 18.0. The summed E-state index contributed by atoms with van der Waals surface area (Å²) in [7, 11) is 0. The van der Waals surface area contributed by atoms with Gasteiger partial charge in [0.05, 0.1) is 18.3 Å². The number of rotatable bonds is 4. The fourth-order valence-corrected chi connectivity index (χ4v) is 2.90. The van der Waals surface area contributed by atoms with Crippen molar-refractivity contribution in [2.24, 2.45) is 0 Å². The summed E-state index contributed by atoms with van der Waals surface area (Å²) in [6, 6.07) is 11.3. The fraction of sp³-hybridized carbons (Fsp3) is 0.333. The van der Waals surface area contributed by atoms with E-state index in [9.17, 15) is 18.3 Å². The number of β-amino-alcohol motifs (C(OH)–C–C–N with tert-alkyl or cyclic N) is 1. The van der Waals surface area contributed by atoms with Crippen molar-refractivity contribution in [1.82, 2.24) is 0 Å². The van der Waals surface area contributed by atoms with Gasteiger partial charge in [0, 0.05) is 12.1 Å². The Labute approximate surface area is 143 Å². The lowest BCUT2D eigenvalue weighted by Gasteiger charge is -2.33. The van der Waals surface area contributed by atoms with Crippen LogP contribution in [0.2, 0.25) is 0 Å². The third-order valence-corrected chi connectivity index (χ3v) is 3.81. The summed E-state index contributed by atoms with van der Waals surface area (Å²) in [5.41, 5.74) is 2.06. The first-order valence-corrected chi connectivity index (χ1v) is 7.88. The normalized spacial score (nSPS) is 15.3. The number of ether oxygens (including phenoxy) is 2. The Morgan fingerprint density at radius 1 is 1.24 bits per heavy atom. The number of para-hydroxylation sites is 1. The number of halogens is 3. The van der Waals surface area contributed by atoms with Crippen LogP contribution in [-0.2, 0) is 0 Å². The summed E-state index contributed by atoms with van der Waals surface area (Å²) >= 11 is 0. The third-order valence-electron chi connectivity index (χ3n) is 3.81. The molecule has 1 N–H and O–H groups in total. The van der Waals surface area contributed by atoms with Crippen molar-refractivity contribution in [3.63, 3.8) is 0 Å². The molecular weight excluding hydrogens is 335 g/mol. The van der Waals surface area contributed by atoms with Gasteiger partial charge in [-0.2, -0.15) is 0 Å². The van der Waals surface area contributed by atoms with Gasteiger partial charge in [0.2, 0.25) is 0 Å². The highest BCUT2D eigenvalue weighted by Crippen LogP contribution is 2.41. The number of anilines is 1. The van der Waals surface area contributed by atoms with Crippen molar-refractivity contribution in [3.05, 3.63) is 42.5 Å². The summed E-state index contributed by atoms with van der Waals surface area (Å²) in [6.07, 6.45) is -5.24. The van der Waals surface area contributed by atoms with E-state index in [0.29, 0.717) is 36.6 Å². The van der Waals surface area contributed by atoms with Gasteiger partial charge >= 0.3 is 6.36 Å². The number of fused-ring (bicyclic) bond motifs is 1. The maximum atomic E-state index is 12.4. The van der Waals surface area contributed by atoms with E-state index >= 15 is 0 Å². The highest BCUT2D eigenvalue weighted by atomic mass is 19.4. The monoisotopic (exact) mass is 353 g/mol. The van der Waals surface area contributed by atoms with E-state index in [1.165, 1.54) is 18.2 Å². The van der Waals surface area contributed by atoms with Gasteiger partial charge < -0.3 is 19.5 Å². The molecule has 0 unspecified atom stereocenters. The van der Waals surface area contributed by atoms with Gasteiger partial charge in [-0.1, -0.05) is 24.3 Å². The minimum absolute atomic E-state index is 0.278. The van der Waals surface area contributed by atoms with Gasteiger partial charge in [-0.25, -0.2) is 0 Å². The second-order valence-electron chi connectivity index (χ2n) is 5.87. The smallest absolute Gasteiger partial charge is 0.489 e. The first-order valence-electron chi connectivity index (χ1n) is 7.88. The predicted octanol–water partition coefficient (Wildman–Crippen LogP) is 3.83. The summed E-state index contributed by atoms with van der Waals surface area (Å²) in [4.78, 5) is 2.00. The standard InChI is InChI=1S/C18H18F3NO3/c1-12(23)11-22-8-9-24-17-15(6-3-7-16(17)22)13-4-2-5-14(10-13)25-18(19,20)21/h2-7,10,12,23H,8-9,11H2,1H3/t12-/m1/s1. The predicted molar refractivity (Wildman–Crippen MR) is 87.9 cm³/mol. The molecule has 0 fully saturated rings. The Morgan fingerprint density at radius 2 is 2.00 bits per heavy atom. The maximum Gasteiger partial charge on any atom is 0.573 e. The van der Waals surface area contributed by atoms with Crippen LogP contribution >= 0.6 is 0 Å². The molecule has 0 saturated heterocycles. The molecule has 25 heavy (non-hydrogen) atoms. The first-order chi connectivity index (χ1) is 11.8. The lowest BCUT2D eigenvalue weighted by Crippen LogP contribution is -2.37. The minimum atomic E-state index is -4.74. The average molecular weight is 353 g/mol. The number of benzene rings is 2. The minimum Gasteiger partial charge on any atom is -0.489 e. The quantitative estimate of drug-likeness (QED) is 0.907. The highest BCUT2D eigenvalue weighted by molar-refractivity contribution is 5.80. The third kappa shape index (κ3) is 4.17. The molecule has 0 saturated carbocycles. The average Bonchev–Trinajstić information content (AvgIpc) is 2.53. The van der Waals surface area contributed by atoms with Crippen molar-refractivity contribution in [2.45, 2.75) is 19.4 Å². The molecule has 4 nitrogen and oxygen atoms in total. The van der Waals surface area contributed by atoms with E-state index in [1.54, 1.807) is 19.1 Å². The molecule has 134 valence electrons. The molecule has 7 heteroatoms. The Bertz CT molecular complexity index is 747. The molecule has 1 atom stereocenters. The van der Waals surface area contributed by atoms with Gasteiger partial charge in [0.15, 0.2) is 5.75 Å². The van der Waals surface area contributed by atoms with E-state index in [0.717, 1.165) is 5.69 Å². The van der Waals surface area contributed by atoms with Gasteiger partial charge in [-0.15, -0.1) is 13.2 Å². The largest absolute Gasteiger partial charge is 0.573 e. The summed E-state index contributed by atoms with van der Waals surface area (Å²) in [6.45, 7) is 3.24. The van der Waals surface area contributed by atoms with E-state index < -0.39 is 12.5 Å². The van der Waals surface area contributed by atoms with Crippen molar-refractivity contribution in [3.8, 4) is 22.6 Å². The summed E-state index contributed by atoms with van der Waals surface area (Å²) in [5, 5.41) is 9.66. The van der Waals surface area contributed by atoms with Crippen molar-refractivity contribution in [2.75, 3.05) is 24.6 Å². The molecule has 0 spiro atoms. The van der Waals surface area contributed by atoms with Gasteiger partial charge in [0.1, 0.15) is 12.4 Å². The summed E-state index contributed by atoms with van der Waals surface area (Å²) in [5.74, 6) is 0.317. The zero-order valence-corrected chi connectivity index (χ0v) is 13.6. The Kier molecular flexibility index (Phi) is 4.76. The Balaban J connectivity index is 1.98. The molecule has 0 aliphatic carbocycles. The van der Waals surface area contributed by atoms with Crippen LogP contribution in [-0.4, -0.2) is 37.3 Å². The highest BCUT2D eigenvalue weighted by Gasteiger charge is 2.31.